The van der Waals surface area contributed by atoms with Crippen LogP contribution in [0.4, 0.5) is 5.82 Å². The van der Waals surface area contributed by atoms with Crippen molar-refractivity contribution in [3.63, 3.8) is 0 Å². The molecule has 4 atom stereocenters. The molecule has 2 aromatic heterocycles. The Bertz CT molecular complexity index is 644. The van der Waals surface area contributed by atoms with Gasteiger partial charge in [-0.05, 0) is 12.1 Å². The molecule has 10 nitrogen and oxygen atoms in total. The van der Waals surface area contributed by atoms with Gasteiger partial charge in [-0.3, -0.25) is 4.57 Å². The second kappa shape index (κ2) is 4.31. The Morgan fingerprint density at radius 2 is 2.25 bits per heavy atom. The lowest BCUT2D eigenvalue weighted by molar-refractivity contribution is -0.0951. The second-order valence-electron chi connectivity index (χ2n) is 4.88. The molecule has 0 spiro atoms. The van der Waals surface area contributed by atoms with E-state index in [4.69, 9.17) is 15.6 Å². The molecule has 1 aliphatic rings. The van der Waals surface area contributed by atoms with Crippen LogP contribution in [0.3, 0.4) is 0 Å². The van der Waals surface area contributed by atoms with E-state index in [2.05, 4.69) is 20.4 Å². The predicted octanol–water partition coefficient (Wildman–Crippen LogP) is -2.19. The van der Waals surface area contributed by atoms with E-state index < -0.39 is 30.6 Å². The van der Waals surface area contributed by atoms with Crippen molar-refractivity contribution in [3.05, 3.63) is 6.33 Å². The van der Waals surface area contributed by atoms with Crippen molar-refractivity contribution in [3.8, 4) is 0 Å². The fourth-order valence-corrected chi connectivity index (χ4v) is 2.36. The molecule has 5 N–H and O–H groups in total. The summed E-state index contributed by atoms with van der Waals surface area (Å²) in [5, 5.41) is 40.4. The molecule has 2 aromatic rings. The molecule has 3 heterocycles. The van der Waals surface area contributed by atoms with Crippen LogP contribution in [0.2, 0.25) is 0 Å². The number of hydrogen-bond acceptors (Lipinski definition) is 9. The molecule has 3 rings (SSSR count). The zero-order chi connectivity index (χ0) is 14.5. The lowest BCUT2D eigenvalue weighted by Crippen LogP contribution is -2.44. The molecule has 0 bridgehead atoms. The first kappa shape index (κ1) is 13.1. The summed E-state index contributed by atoms with van der Waals surface area (Å²) in [6.07, 6.45) is -1.76. The maximum atomic E-state index is 10.4. The standard InChI is InChI=1S/C10H14N6O4/c1-10(19)6(18)4(2-17)20-9(10)16-3-12-5-7(11)13-15-14-8(5)16/h3-4,6,9,17-19H,2H2,1H3,(H2,11,13,14)/t4-,6?,9-,10+/m1/s1. The molecule has 0 aliphatic carbocycles. The zero-order valence-corrected chi connectivity index (χ0v) is 10.6. The lowest BCUT2D eigenvalue weighted by Gasteiger charge is -2.27. The van der Waals surface area contributed by atoms with E-state index in [9.17, 15) is 10.2 Å². The van der Waals surface area contributed by atoms with E-state index in [0.29, 0.717) is 5.52 Å². The number of ether oxygens (including phenoxy) is 1. The molecule has 108 valence electrons. The molecule has 0 radical (unpaired) electrons. The predicted molar refractivity (Wildman–Crippen MR) is 65.2 cm³/mol. The van der Waals surface area contributed by atoms with Crippen molar-refractivity contribution >= 4 is 17.0 Å². The zero-order valence-electron chi connectivity index (χ0n) is 10.6. The fraction of sp³-hybridized carbons (Fsp3) is 0.600. The Balaban J connectivity index is 2.10. The fourth-order valence-electron chi connectivity index (χ4n) is 2.36. The van der Waals surface area contributed by atoms with Gasteiger partial charge in [0.25, 0.3) is 0 Å². The number of anilines is 1. The van der Waals surface area contributed by atoms with E-state index in [1.807, 2.05) is 0 Å². The van der Waals surface area contributed by atoms with Crippen LogP contribution < -0.4 is 5.73 Å². The smallest absolute Gasteiger partial charge is 0.190 e. The van der Waals surface area contributed by atoms with Gasteiger partial charge in [0.15, 0.2) is 23.2 Å². The number of aromatic nitrogens is 5. The van der Waals surface area contributed by atoms with Crippen molar-refractivity contribution in [1.82, 2.24) is 25.0 Å². The van der Waals surface area contributed by atoms with E-state index in [1.165, 1.54) is 17.8 Å². The normalized spacial score (nSPS) is 33.9. The summed E-state index contributed by atoms with van der Waals surface area (Å²) in [5.41, 5.74) is 4.60. The van der Waals surface area contributed by atoms with Gasteiger partial charge in [0, 0.05) is 0 Å². The van der Waals surface area contributed by atoms with Gasteiger partial charge in [0.2, 0.25) is 0 Å². The summed E-state index contributed by atoms with van der Waals surface area (Å²) in [4.78, 5) is 4.04. The monoisotopic (exact) mass is 282 g/mol. The Hall–Kier alpha value is -1.88. The van der Waals surface area contributed by atoms with Gasteiger partial charge in [-0.25, -0.2) is 4.98 Å². The Labute approximate surface area is 112 Å². The Kier molecular flexibility index (Phi) is 2.83. The maximum absolute atomic E-state index is 10.4. The third-order valence-corrected chi connectivity index (χ3v) is 3.49. The van der Waals surface area contributed by atoms with Crippen molar-refractivity contribution in [2.45, 2.75) is 31.0 Å². The van der Waals surface area contributed by atoms with Crippen LogP contribution in [0.15, 0.2) is 6.33 Å². The molecule has 0 saturated carbocycles. The van der Waals surface area contributed by atoms with Crippen molar-refractivity contribution in [2.24, 2.45) is 0 Å². The third-order valence-electron chi connectivity index (χ3n) is 3.49. The molecule has 1 unspecified atom stereocenters. The topological polar surface area (TPSA) is 152 Å². The largest absolute Gasteiger partial charge is 0.394 e. The Morgan fingerprint density at radius 3 is 2.90 bits per heavy atom. The van der Waals surface area contributed by atoms with Gasteiger partial charge in [-0.2, -0.15) is 0 Å². The molecule has 20 heavy (non-hydrogen) atoms. The number of hydrogen-bond donors (Lipinski definition) is 4. The van der Waals surface area contributed by atoms with Crippen LogP contribution in [0, 0.1) is 0 Å². The number of nitrogens with zero attached hydrogens (tertiary/aromatic N) is 5. The van der Waals surface area contributed by atoms with Crippen molar-refractivity contribution in [1.29, 1.82) is 0 Å². The van der Waals surface area contributed by atoms with Gasteiger partial charge >= 0.3 is 0 Å². The minimum Gasteiger partial charge on any atom is -0.394 e. The summed E-state index contributed by atoms with van der Waals surface area (Å²) in [7, 11) is 0. The third kappa shape index (κ3) is 1.66. The molecular weight excluding hydrogens is 268 g/mol. The van der Waals surface area contributed by atoms with Gasteiger partial charge in [0.1, 0.15) is 17.8 Å². The van der Waals surface area contributed by atoms with Gasteiger partial charge in [0.05, 0.1) is 12.9 Å². The van der Waals surface area contributed by atoms with Gasteiger partial charge in [-0.15, -0.1) is 10.2 Å². The summed E-state index contributed by atoms with van der Waals surface area (Å²) in [6, 6.07) is 0. The van der Waals surface area contributed by atoms with Crippen LogP contribution in [0.25, 0.3) is 11.2 Å². The van der Waals surface area contributed by atoms with Crippen LogP contribution >= 0.6 is 0 Å². The number of rotatable bonds is 2. The summed E-state index contributed by atoms with van der Waals surface area (Å²) in [6.45, 7) is 0.984. The maximum Gasteiger partial charge on any atom is 0.190 e. The molecule has 1 saturated heterocycles. The van der Waals surface area contributed by atoms with E-state index in [0.717, 1.165) is 0 Å². The summed E-state index contributed by atoms with van der Waals surface area (Å²) in [5.74, 6) is 0.102. The molecule has 1 fully saturated rings. The van der Waals surface area contributed by atoms with E-state index in [-0.39, 0.29) is 11.5 Å². The minimum absolute atomic E-state index is 0.102. The number of nitrogens with two attached hydrogens (primary N) is 1. The second-order valence-corrected chi connectivity index (χ2v) is 4.88. The highest BCUT2D eigenvalue weighted by Gasteiger charge is 2.53. The van der Waals surface area contributed by atoms with Crippen molar-refractivity contribution < 1.29 is 20.1 Å². The number of fused-ring (bicyclic) bond motifs is 1. The molecule has 10 heteroatoms. The number of aliphatic hydroxyl groups excluding tert-OH is 2. The quantitative estimate of drug-likeness (QED) is 0.480. The van der Waals surface area contributed by atoms with Gasteiger partial charge < -0.3 is 25.8 Å². The van der Waals surface area contributed by atoms with E-state index >= 15 is 0 Å². The van der Waals surface area contributed by atoms with Crippen LogP contribution in [-0.2, 0) is 4.74 Å². The van der Waals surface area contributed by atoms with E-state index in [1.54, 1.807) is 0 Å². The van der Waals surface area contributed by atoms with Crippen molar-refractivity contribution in [2.75, 3.05) is 12.3 Å². The average Bonchev–Trinajstić information content (AvgIpc) is 2.92. The first-order valence-corrected chi connectivity index (χ1v) is 5.95. The van der Waals surface area contributed by atoms with Crippen LogP contribution in [0.5, 0.6) is 0 Å². The first-order chi connectivity index (χ1) is 9.46. The highest BCUT2D eigenvalue weighted by molar-refractivity contribution is 5.80. The SMILES string of the molecule is C[C@]1(O)C(O)[C@@H](CO)O[C@H]1n1cnc2c(N)nnnc21. The minimum atomic E-state index is -1.62. The van der Waals surface area contributed by atoms with Crippen LogP contribution in [0.1, 0.15) is 13.2 Å². The number of nitrogen functional groups attached to an aromatic ring is 1. The average molecular weight is 282 g/mol. The lowest BCUT2D eigenvalue weighted by atomic mass is 9.96. The van der Waals surface area contributed by atoms with Gasteiger partial charge in [-0.1, -0.05) is 0 Å². The highest BCUT2D eigenvalue weighted by Crippen LogP contribution is 2.39. The molecular formula is C10H14N6O4. The Morgan fingerprint density at radius 1 is 1.50 bits per heavy atom. The molecule has 0 amide bonds. The van der Waals surface area contributed by atoms with Crippen LogP contribution in [-0.4, -0.2) is 64.7 Å². The molecule has 1 aliphatic heterocycles. The molecule has 0 aromatic carbocycles. The summed E-state index contributed by atoms with van der Waals surface area (Å²) < 4.78 is 6.88. The first-order valence-electron chi connectivity index (χ1n) is 5.95. The summed E-state index contributed by atoms with van der Waals surface area (Å²) >= 11 is 0. The number of imidazole rings is 1. The highest BCUT2D eigenvalue weighted by atomic mass is 16.6. The number of aliphatic hydroxyl groups is 3.